The number of benzene rings is 2. The molecule has 0 aromatic heterocycles. The number of likely N-dealkylation sites (tertiary alicyclic amines) is 1. The number of nitrogens with zero attached hydrogens (tertiary/aromatic N) is 2. The summed E-state index contributed by atoms with van der Waals surface area (Å²) in [6.45, 7) is 15.1. The van der Waals surface area contributed by atoms with E-state index in [1.807, 2.05) is 26.0 Å². The molecular weight excluding hydrogens is 456 g/mol. The van der Waals surface area contributed by atoms with E-state index in [9.17, 15) is 14.7 Å². The average Bonchev–Trinajstić information content (AvgIpc) is 3.14. The third-order valence-corrected chi connectivity index (χ3v) is 6.40. The van der Waals surface area contributed by atoms with Crippen LogP contribution in [-0.4, -0.2) is 66.0 Å². The Morgan fingerprint density at radius 1 is 1.08 bits per heavy atom. The molecule has 2 aromatic carbocycles. The minimum Gasteiger partial charge on any atom is -0.507 e. The molecule has 1 fully saturated rings. The van der Waals surface area contributed by atoms with Crippen molar-refractivity contribution in [3.05, 3.63) is 77.4 Å². The third kappa shape index (κ3) is 5.79. The standard InChI is InChI=1S/C29H36N2O5/c1-6-18-36-23-13-10-21(11-14-23)26-25(27(32)22-12-15-24(35-9-4)20(5)19-22)28(33)29(34)31(26)17-16-30(7-2)8-3/h6,10-15,19,26,32H,1,7-9,16-18H2,2-5H3/b27-25-. The van der Waals surface area contributed by atoms with E-state index in [0.29, 0.717) is 43.4 Å². The van der Waals surface area contributed by atoms with Gasteiger partial charge in [0.25, 0.3) is 11.7 Å². The van der Waals surface area contributed by atoms with Gasteiger partial charge in [-0.2, -0.15) is 0 Å². The van der Waals surface area contributed by atoms with E-state index >= 15 is 0 Å². The Hall–Kier alpha value is -3.58. The zero-order valence-electron chi connectivity index (χ0n) is 21.6. The van der Waals surface area contributed by atoms with Crippen LogP contribution in [0.1, 0.15) is 43.5 Å². The van der Waals surface area contributed by atoms with Gasteiger partial charge in [-0.1, -0.05) is 38.6 Å². The lowest BCUT2D eigenvalue weighted by Crippen LogP contribution is -2.38. The molecule has 1 unspecified atom stereocenters. The summed E-state index contributed by atoms with van der Waals surface area (Å²) in [6.07, 6.45) is 1.66. The number of Topliss-reactive ketones (excluding diaryl/α,β-unsaturated/α-hetero) is 1. The quantitative estimate of drug-likeness (QED) is 0.200. The van der Waals surface area contributed by atoms with E-state index in [4.69, 9.17) is 9.47 Å². The first-order valence-electron chi connectivity index (χ1n) is 12.4. The number of aliphatic hydroxyl groups excluding tert-OH is 1. The van der Waals surface area contributed by atoms with Crippen LogP contribution in [0.4, 0.5) is 0 Å². The number of rotatable bonds is 12. The molecule has 0 radical (unpaired) electrons. The highest BCUT2D eigenvalue weighted by Crippen LogP contribution is 2.40. The predicted molar refractivity (Wildman–Crippen MR) is 141 cm³/mol. The molecule has 0 saturated carbocycles. The van der Waals surface area contributed by atoms with Crippen molar-refractivity contribution in [1.82, 2.24) is 9.80 Å². The van der Waals surface area contributed by atoms with Crippen molar-refractivity contribution < 1.29 is 24.2 Å². The molecule has 7 heteroatoms. The van der Waals surface area contributed by atoms with Gasteiger partial charge in [-0.25, -0.2) is 0 Å². The molecular formula is C29H36N2O5. The van der Waals surface area contributed by atoms with Crippen LogP contribution < -0.4 is 9.47 Å². The Bertz CT molecular complexity index is 1120. The van der Waals surface area contributed by atoms with E-state index in [1.54, 1.807) is 41.3 Å². The third-order valence-electron chi connectivity index (χ3n) is 6.40. The fourth-order valence-corrected chi connectivity index (χ4v) is 4.42. The number of hydrogen-bond acceptors (Lipinski definition) is 6. The number of aryl methyl sites for hydroxylation is 1. The summed E-state index contributed by atoms with van der Waals surface area (Å²) in [5.74, 6) is -0.123. The zero-order valence-corrected chi connectivity index (χ0v) is 21.6. The minimum atomic E-state index is -0.708. The van der Waals surface area contributed by atoms with Crippen molar-refractivity contribution in [2.75, 3.05) is 39.4 Å². The summed E-state index contributed by atoms with van der Waals surface area (Å²) in [4.78, 5) is 30.2. The number of hydrogen-bond donors (Lipinski definition) is 1. The largest absolute Gasteiger partial charge is 0.507 e. The van der Waals surface area contributed by atoms with Crippen LogP contribution in [0.5, 0.6) is 11.5 Å². The van der Waals surface area contributed by atoms with Gasteiger partial charge >= 0.3 is 0 Å². The Morgan fingerprint density at radius 3 is 2.36 bits per heavy atom. The van der Waals surface area contributed by atoms with Crippen LogP contribution in [0.25, 0.3) is 5.76 Å². The second-order valence-corrected chi connectivity index (χ2v) is 8.60. The molecule has 2 aromatic rings. The van der Waals surface area contributed by atoms with Gasteiger partial charge in [0.1, 0.15) is 23.9 Å². The zero-order chi connectivity index (χ0) is 26.2. The molecule has 1 saturated heterocycles. The van der Waals surface area contributed by atoms with Gasteiger partial charge < -0.3 is 24.4 Å². The van der Waals surface area contributed by atoms with Crippen LogP contribution >= 0.6 is 0 Å². The maximum atomic E-state index is 13.3. The van der Waals surface area contributed by atoms with E-state index < -0.39 is 17.7 Å². The van der Waals surface area contributed by atoms with E-state index in [2.05, 4.69) is 25.3 Å². The number of carbonyl (C=O) groups excluding carboxylic acids is 2. The highest BCUT2D eigenvalue weighted by atomic mass is 16.5. The van der Waals surface area contributed by atoms with E-state index in [1.165, 1.54) is 0 Å². The number of aliphatic hydroxyl groups is 1. The molecule has 7 nitrogen and oxygen atoms in total. The Labute approximate surface area is 213 Å². The molecule has 0 bridgehead atoms. The highest BCUT2D eigenvalue weighted by Gasteiger charge is 2.46. The van der Waals surface area contributed by atoms with E-state index in [-0.39, 0.29) is 11.3 Å². The summed E-state index contributed by atoms with van der Waals surface area (Å²) in [5, 5.41) is 11.3. The minimum absolute atomic E-state index is 0.0860. The second-order valence-electron chi connectivity index (χ2n) is 8.60. The SMILES string of the molecule is C=CCOc1ccc(C2/C(=C(/O)c3ccc(OCC)c(C)c3)C(=O)C(=O)N2CCN(CC)CC)cc1. The van der Waals surface area contributed by atoms with Crippen molar-refractivity contribution in [2.45, 2.75) is 33.7 Å². The molecule has 1 atom stereocenters. The second kappa shape index (κ2) is 12.4. The number of ketones is 1. The number of carbonyl (C=O) groups is 2. The lowest BCUT2D eigenvalue weighted by molar-refractivity contribution is -0.140. The van der Waals surface area contributed by atoms with Crippen molar-refractivity contribution in [3.63, 3.8) is 0 Å². The van der Waals surface area contributed by atoms with Gasteiger partial charge in [0.2, 0.25) is 0 Å². The predicted octanol–water partition coefficient (Wildman–Crippen LogP) is 4.72. The van der Waals surface area contributed by atoms with Crippen LogP contribution in [0.15, 0.2) is 60.7 Å². The Balaban J connectivity index is 2.07. The van der Waals surface area contributed by atoms with Crippen LogP contribution in [0, 0.1) is 6.92 Å². The molecule has 1 aliphatic rings. The summed E-state index contributed by atoms with van der Waals surface area (Å²) in [6, 6.07) is 11.8. The van der Waals surface area contributed by atoms with Crippen molar-refractivity contribution in [3.8, 4) is 11.5 Å². The molecule has 1 heterocycles. The van der Waals surface area contributed by atoms with Gasteiger partial charge in [-0.05, 0) is 68.4 Å². The normalized spacial score (nSPS) is 17.0. The van der Waals surface area contributed by atoms with Crippen molar-refractivity contribution >= 4 is 17.4 Å². The maximum absolute atomic E-state index is 13.3. The van der Waals surface area contributed by atoms with Crippen molar-refractivity contribution in [1.29, 1.82) is 0 Å². The lowest BCUT2D eigenvalue weighted by atomic mass is 9.94. The van der Waals surface area contributed by atoms with Gasteiger partial charge in [-0.3, -0.25) is 9.59 Å². The molecule has 1 aliphatic heterocycles. The smallest absolute Gasteiger partial charge is 0.295 e. The van der Waals surface area contributed by atoms with Gasteiger partial charge in [0.15, 0.2) is 0 Å². The van der Waals surface area contributed by atoms with Crippen molar-refractivity contribution in [2.24, 2.45) is 0 Å². The average molecular weight is 493 g/mol. The lowest BCUT2D eigenvalue weighted by Gasteiger charge is -2.28. The summed E-state index contributed by atoms with van der Waals surface area (Å²) < 4.78 is 11.2. The summed E-state index contributed by atoms with van der Waals surface area (Å²) in [7, 11) is 0. The Kier molecular flexibility index (Phi) is 9.31. The van der Waals surface area contributed by atoms with Gasteiger partial charge in [-0.15, -0.1) is 0 Å². The number of amides is 1. The number of likely N-dealkylation sites (N-methyl/N-ethyl adjacent to an activating group) is 1. The highest BCUT2D eigenvalue weighted by molar-refractivity contribution is 6.46. The first kappa shape index (κ1) is 27.0. The Morgan fingerprint density at radius 2 is 1.78 bits per heavy atom. The summed E-state index contributed by atoms with van der Waals surface area (Å²) in [5.41, 5.74) is 2.11. The first-order chi connectivity index (χ1) is 17.4. The van der Waals surface area contributed by atoms with Crippen LogP contribution in [-0.2, 0) is 9.59 Å². The maximum Gasteiger partial charge on any atom is 0.295 e. The van der Waals surface area contributed by atoms with E-state index in [0.717, 1.165) is 24.2 Å². The topological polar surface area (TPSA) is 79.3 Å². The summed E-state index contributed by atoms with van der Waals surface area (Å²) >= 11 is 0. The van der Waals surface area contributed by atoms with Crippen LogP contribution in [0.2, 0.25) is 0 Å². The fourth-order valence-electron chi connectivity index (χ4n) is 4.42. The van der Waals surface area contributed by atoms with Gasteiger partial charge in [0.05, 0.1) is 18.2 Å². The number of ether oxygens (including phenoxy) is 2. The molecule has 0 aliphatic carbocycles. The molecule has 1 N–H and O–H groups in total. The van der Waals surface area contributed by atoms with Gasteiger partial charge in [0, 0.05) is 18.7 Å². The molecule has 192 valence electrons. The molecule has 36 heavy (non-hydrogen) atoms. The first-order valence-corrected chi connectivity index (χ1v) is 12.4. The molecule has 3 rings (SSSR count). The monoisotopic (exact) mass is 492 g/mol. The van der Waals surface area contributed by atoms with Crippen LogP contribution in [0.3, 0.4) is 0 Å². The fraction of sp³-hybridized carbons (Fsp3) is 0.379. The molecule has 1 amide bonds. The molecule has 0 spiro atoms.